The highest BCUT2D eigenvalue weighted by Gasteiger charge is 2.06. The van der Waals surface area contributed by atoms with Crippen LogP contribution in [0.1, 0.15) is 0 Å². The summed E-state index contributed by atoms with van der Waals surface area (Å²) < 4.78 is 61.1. The van der Waals surface area contributed by atoms with Crippen molar-refractivity contribution in [3.05, 3.63) is 30.3 Å². The lowest BCUT2D eigenvalue weighted by molar-refractivity contribution is 0.407. The van der Waals surface area contributed by atoms with Crippen molar-refractivity contribution in [3.63, 3.8) is 0 Å². The fourth-order valence-electron chi connectivity index (χ4n) is 0.628. The summed E-state index contributed by atoms with van der Waals surface area (Å²) >= 11 is -5.92. The van der Waals surface area contributed by atoms with Crippen LogP contribution in [0.3, 0.4) is 0 Å². The zero-order valence-electron chi connectivity index (χ0n) is 7.85. The Kier molecular flexibility index (Phi) is 7.70. The van der Waals surface area contributed by atoms with Crippen molar-refractivity contribution < 1.29 is 29.6 Å². The minimum absolute atomic E-state index is 0.136. The molecule has 1 aromatic carbocycles. The summed E-state index contributed by atoms with van der Waals surface area (Å²) in [5.74, 6) is 0. The summed E-state index contributed by atoms with van der Waals surface area (Å²) in [6, 6.07) is 7.86. The monoisotopic (exact) mass is 320 g/mol. The molecule has 0 spiro atoms. The molecular weight excluding hydrogens is 316 g/mol. The first-order chi connectivity index (χ1) is 7.73. The summed E-state index contributed by atoms with van der Waals surface area (Å²) in [4.78, 5) is 0.136. The standard InChI is InChI=1S/C6H5ClO2S.H2O5S2/c7-10(8,9)6-4-2-1-3-5-6;1-6(2)5-7(3)4/h1-5H;(H,1,2)(H,3,4)/p-2. The Morgan fingerprint density at radius 1 is 1.06 bits per heavy atom. The quantitative estimate of drug-likeness (QED) is 0.575. The number of halogens is 1. The largest absolute Gasteiger partial charge is 0.749 e. The van der Waals surface area contributed by atoms with E-state index in [1.165, 1.54) is 12.1 Å². The van der Waals surface area contributed by atoms with Gasteiger partial charge in [-0.25, -0.2) is 20.5 Å². The van der Waals surface area contributed by atoms with E-state index in [9.17, 15) is 25.9 Å². The first-order valence-corrected chi connectivity index (χ1v) is 7.91. The second-order valence-corrected chi connectivity index (χ2v) is 6.15. The molecule has 0 bridgehead atoms. The molecule has 17 heavy (non-hydrogen) atoms. The molecule has 0 aliphatic carbocycles. The van der Waals surface area contributed by atoms with Crippen LogP contribution in [-0.2, 0) is 35.4 Å². The Balaban J connectivity index is 0.000000325. The highest BCUT2D eigenvalue weighted by atomic mass is 35.7. The van der Waals surface area contributed by atoms with Gasteiger partial charge in [-0.2, -0.15) is 0 Å². The molecule has 0 unspecified atom stereocenters. The van der Waals surface area contributed by atoms with Crippen LogP contribution in [-0.4, -0.2) is 25.9 Å². The van der Waals surface area contributed by atoms with Gasteiger partial charge in [0.25, 0.3) is 9.05 Å². The van der Waals surface area contributed by atoms with E-state index in [-0.39, 0.29) is 4.90 Å². The van der Waals surface area contributed by atoms with E-state index < -0.39 is 31.8 Å². The van der Waals surface area contributed by atoms with Crippen molar-refractivity contribution in [1.82, 2.24) is 0 Å². The van der Waals surface area contributed by atoms with Gasteiger partial charge in [0.05, 0.1) is 27.6 Å². The molecule has 1 rings (SSSR count). The van der Waals surface area contributed by atoms with Gasteiger partial charge in [-0.1, -0.05) is 18.2 Å². The lowest BCUT2D eigenvalue weighted by Crippen LogP contribution is -1.97. The summed E-state index contributed by atoms with van der Waals surface area (Å²) in [5, 5.41) is 0. The van der Waals surface area contributed by atoms with Crippen LogP contribution < -0.4 is 0 Å². The summed E-state index contributed by atoms with van der Waals surface area (Å²) in [6.45, 7) is 0. The van der Waals surface area contributed by atoms with Gasteiger partial charge in [0, 0.05) is 10.7 Å². The molecule has 0 radical (unpaired) electrons. The molecule has 7 nitrogen and oxygen atoms in total. The molecular formula is C6H5ClO7S3-2. The van der Waals surface area contributed by atoms with Gasteiger partial charge in [-0.15, -0.1) is 0 Å². The third-order valence-electron chi connectivity index (χ3n) is 1.14. The third kappa shape index (κ3) is 9.35. The van der Waals surface area contributed by atoms with E-state index in [2.05, 4.69) is 3.63 Å². The Labute approximate surface area is 107 Å². The van der Waals surface area contributed by atoms with E-state index in [4.69, 9.17) is 10.7 Å². The Hall–Kier alpha value is -0.360. The van der Waals surface area contributed by atoms with Crippen molar-refractivity contribution in [2.45, 2.75) is 4.90 Å². The normalized spacial score (nSPS) is 14.3. The molecule has 11 heteroatoms. The zero-order valence-corrected chi connectivity index (χ0v) is 11.1. The van der Waals surface area contributed by atoms with E-state index >= 15 is 0 Å². The summed E-state index contributed by atoms with van der Waals surface area (Å²) in [5.41, 5.74) is 0. The minimum Gasteiger partial charge on any atom is -0.749 e. The molecule has 0 heterocycles. The molecule has 0 aromatic heterocycles. The maximum absolute atomic E-state index is 10.6. The molecule has 0 aliphatic rings. The fourth-order valence-corrected chi connectivity index (χ4v) is 1.78. The van der Waals surface area contributed by atoms with Crippen molar-refractivity contribution in [2.75, 3.05) is 0 Å². The number of benzene rings is 1. The Morgan fingerprint density at radius 3 is 1.65 bits per heavy atom. The van der Waals surface area contributed by atoms with Gasteiger partial charge in [-0.3, -0.25) is 0 Å². The van der Waals surface area contributed by atoms with Crippen LogP contribution in [0.25, 0.3) is 0 Å². The van der Waals surface area contributed by atoms with Crippen LogP contribution in [0.5, 0.6) is 0 Å². The number of hydrogen-bond acceptors (Lipinski definition) is 7. The number of rotatable bonds is 3. The van der Waals surface area contributed by atoms with Crippen molar-refractivity contribution in [2.24, 2.45) is 0 Å². The van der Waals surface area contributed by atoms with Gasteiger partial charge >= 0.3 is 0 Å². The Morgan fingerprint density at radius 2 is 1.47 bits per heavy atom. The van der Waals surface area contributed by atoms with E-state index in [0.29, 0.717) is 0 Å². The Bertz CT molecular complexity index is 474. The van der Waals surface area contributed by atoms with E-state index in [1.54, 1.807) is 18.2 Å². The first kappa shape index (κ1) is 16.6. The van der Waals surface area contributed by atoms with E-state index in [1.807, 2.05) is 0 Å². The highest BCUT2D eigenvalue weighted by molar-refractivity contribution is 8.13. The molecule has 0 atom stereocenters. The van der Waals surface area contributed by atoms with Crippen molar-refractivity contribution >= 4 is 42.5 Å². The molecule has 0 N–H and O–H groups in total. The van der Waals surface area contributed by atoms with Gasteiger partial charge in [0.15, 0.2) is 0 Å². The maximum Gasteiger partial charge on any atom is 0.261 e. The van der Waals surface area contributed by atoms with Crippen molar-refractivity contribution in [3.8, 4) is 0 Å². The van der Waals surface area contributed by atoms with Gasteiger partial charge < -0.3 is 9.11 Å². The lowest BCUT2D eigenvalue weighted by atomic mass is 10.4. The third-order valence-corrected chi connectivity index (χ3v) is 3.39. The maximum atomic E-state index is 10.6. The molecule has 0 fully saturated rings. The summed E-state index contributed by atoms with van der Waals surface area (Å²) in [6.07, 6.45) is 0. The van der Waals surface area contributed by atoms with Gasteiger partial charge in [-0.05, 0) is 12.1 Å². The van der Waals surface area contributed by atoms with Gasteiger partial charge in [0.2, 0.25) is 0 Å². The number of hydrogen-bond donors (Lipinski definition) is 0. The summed E-state index contributed by atoms with van der Waals surface area (Å²) in [7, 11) is 1.50. The highest BCUT2D eigenvalue weighted by Crippen LogP contribution is 2.12. The predicted molar refractivity (Wildman–Crippen MR) is 58.4 cm³/mol. The molecule has 98 valence electrons. The predicted octanol–water partition coefficient (Wildman–Crippen LogP) is 0.205. The minimum atomic E-state index is -3.53. The first-order valence-electron chi connectivity index (χ1n) is 3.60. The van der Waals surface area contributed by atoms with Crippen LogP contribution in [0.15, 0.2) is 35.2 Å². The van der Waals surface area contributed by atoms with Gasteiger partial charge in [0.1, 0.15) is 0 Å². The second kappa shape index (κ2) is 7.87. The van der Waals surface area contributed by atoms with Crippen molar-refractivity contribution in [1.29, 1.82) is 0 Å². The van der Waals surface area contributed by atoms with Crippen LogP contribution in [0.2, 0.25) is 0 Å². The molecule has 0 saturated carbocycles. The smallest absolute Gasteiger partial charge is 0.261 e. The van der Waals surface area contributed by atoms with E-state index in [0.717, 1.165) is 0 Å². The molecule has 0 aliphatic heterocycles. The topological polar surface area (TPSA) is 124 Å². The molecule has 0 amide bonds. The zero-order chi connectivity index (χ0) is 13.5. The fraction of sp³-hybridized carbons (Fsp3) is 0. The average Bonchev–Trinajstić information content (AvgIpc) is 2.16. The molecule has 1 aromatic rings. The van der Waals surface area contributed by atoms with Crippen LogP contribution >= 0.6 is 10.7 Å². The van der Waals surface area contributed by atoms with Crippen LogP contribution in [0, 0.1) is 0 Å². The lowest BCUT2D eigenvalue weighted by Gasteiger charge is -2.04. The SMILES string of the molecule is O=S(=O)(Cl)c1ccccc1.O=S([O-])OS(=O)[O-]. The molecule has 0 saturated heterocycles. The second-order valence-electron chi connectivity index (χ2n) is 2.23. The van der Waals surface area contributed by atoms with Crippen LogP contribution in [0.4, 0.5) is 0 Å². The average molecular weight is 321 g/mol.